The highest BCUT2D eigenvalue weighted by molar-refractivity contribution is 6.31. The van der Waals surface area contributed by atoms with Crippen LogP contribution in [0, 0.1) is 0 Å². The second-order valence-electron chi connectivity index (χ2n) is 17.6. The molecule has 322 valence electrons. The zero-order valence-corrected chi connectivity index (χ0v) is 35.3. The molecule has 6 heterocycles. The third-order valence-electron chi connectivity index (χ3n) is 13.7. The van der Waals surface area contributed by atoms with E-state index in [2.05, 4.69) is 49.2 Å². The number of nitrogens with zero attached hydrogens (tertiary/aromatic N) is 6. The monoisotopic (exact) mass is 821 g/mol. The van der Waals surface area contributed by atoms with Gasteiger partial charge in [0, 0.05) is 94.0 Å². The maximum absolute atomic E-state index is 15.0. The van der Waals surface area contributed by atoms with E-state index in [0.717, 1.165) is 84.1 Å². The minimum absolute atomic E-state index is 0.281. The van der Waals surface area contributed by atoms with Gasteiger partial charge in [-0.2, -0.15) is 0 Å². The molecule has 4 saturated heterocycles. The number of ether oxygens (including phenoxy) is 2. The highest BCUT2D eigenvalue weighted by Gasteiger charge is 2.43. The van der Waals surface area contributed by atoms with Crippen LogP contribution in [0.5, 0.6) is 0 Å². The number of hydrogen-bond donors (Lipinski definition) is 2. The number of rotatable bonds is 15. The van der Waals surface area contributed by atoms with E-state index in [0.29, 0.717) is 96.6 Å². The largest absolute Gasteiger partial charge is 0.383 e. The first-order valence-corrected chi connectivity index (χ1v) is 22.9. The molecule has 13 heteroatoms. The Balaban J connectivity index is 1.11. The Kier molecular flexibility index (Phi) is 13.1. The number of aliphatic hydroxyl groups is 1. The molecule has 0 bridgehead atoms. The van der Waals surface area contributed by atoms with Crippen molar-refractivity contribution in [2.75, 3.05) is 123 Å². The van der Waals surface area contributed by atoms with E-state index < -0.39 is 6.23 Å². The fourth-order valence-corrected chi connectivity index (χ4v) is 10.3. The molecular formula is C47H63N7O6. The van der Waals surface area contributed by atoms with Crippen LogP contribution in [0.2, 0.25) is 0 Å². The van der Waals surface area contributed by atoms with Crippen molar-refractivity contribution in [3.05, 3.63) is 64.2 Å². The summed E-state index contributed by atoms with van der Waals surface area (Å²) in [6.07, 6.45) is 7.47. The number of carbonyl (C=O) groups excluding carboxylic acids is 3. The molecule has 0 aliphatic carbocycles. The molecule has 3 aromatic carbocycles. The SMILES string of the molecule is O=C1c2cc(NCCN3CCCC3)c3c4c(cc(-c5ccc(CN6CCCCCC6)cc5)c(c24)C(=O)N1CCCN1CCOCC1)C(O)N(CCCN1CCOCC1)C3=O. The van der Waals surface area contributed by atoms with Crippen molar-refractivity contribution < 1.29 is 29.0 Å². The highest BCUT2D eigenvalue weighted by Crippen LogP contribution is 2.47. The second-order valence-corrected chi connectivity index (χ2v) is 17.6. The van der Waals surface area contributed by atoms with Crippen LogP contribution < -0.4 is 5.32 Å². The Bertz CT molecular complexity index is 2020. The third-order valence-corrected chi connectivity index (χ3v) is 13.7. The summed E-state index contributed by atoms with van der Waals surface area (Å²) in [7, 11) is 0. The molecule has 4 fully saturated rings. The smallest absolute Gasteiger partial charge is 0.262 e. The number of nitrogens with one attached hydrogen (secondary N) is 1. The molecule has 0 spiro atoms. The van der Waals surface area contributed by atoms with Gasteiger partial charge in [0.25, 0.3) is 17.7 Å². The van der Waals surface area contributed by atoms with Gasteiger partial charge < -0.3 is 29.7 Å². The topological polar surface area (TPSA) is 121 Å². The van der Waals surface area contributed by atoms with Crippen LogP contribution in [0.3, 0.4) is 0 Å². The molecule has 0 saturated carbocycles. The van der Waals surface area contributed by atoms with Gasteiger partial charge in [0.1, 0.15) is 0 Å². The summed E-state index contributed by atoms with van der Waals surface area (Å²) in [6, 6.07) is 12.2. The van der Waals surface area contributed by atoms with Crippen LogP contribution in [0.15, 0.2) is 36.4 Å². The third kappa shape index (κ3) is 8.72. The average molecular weight is 822 g/mol. The van der Waals surface area contributed by atoms with E-state index in [4.69, 9.17) is 9.47 Å². The molecule has 9 rings (SSSR count). The Morgan fingerprint density at radius 3 is 1.85 bits per heavy atom. The normalized spacial score (nSPS) is 22.3. The van der Waals surface area contributed by atoms with Crippen LogP contribution in [0.25, 0.3) is 21.9 Å². The highest BCUT2D eigenvalue weighted by atomic mass is 16.5. The lowest BCUT2D eigenvalue weighted by Gasteiger charge is -2.38. The summed E-state index contributed by atoms with van der Waals surface area (Å²) in [5, 5.41) is 16.9. The summed E-state index contributed by atoms with van der Waals surface area (Å²) in [5.41, 5.74) is 5.15. The molecule has 2 N–H and O–H groups in total. The number of carbonyl (C=O) groups is 3. The number of likely N-dealkylation sites (tertiary alicyclic amines) is 2. The number of imide groups is 1. The van der Waals surface area contributed by atoms with Gasteiger partial charge in [0.2, 0.25) is 0 Å². The standard InChI is InChI=1S/C47H63N7O6/c55-44-37-31-36(35-11-9-34(10-12-35)33-52-16-3-1-2-4-17-52)42-40-38(45(56)53(46(42)57)20-7-18-50-23-27-59-28-24-50)32-39(48-13-22-49-14-5-6-15-49)43(41(37)40)47(58)54(44)21-8-19-51-25-29-60-30-26-51/h9-12,31-32,44,48,55H,1-8,13-30,33H2. The number of hydrogen-bond acceptors (Lipinski definition) is 11. The molecule has 6 aliphatic heterocycles. The van der Waals surface area contributed by atoms with Crippen molar-refractivity contribution in [3.8, 4) is 11.1 Å². The van der Waals surface area contributed by atoms with Gasteiger partial charge in [0.05, 0.1) is 43.1 Å². The Morgan fingerprint density at radius 2 is 1.18 bits per heavy atom. The first kappa shape index (κ1) is 41.4. The zero-order chi connectivity index (χ0) is 41.0. The molecule has 3 aromatic rings. The predicted octanol–water partition coefficient (Wildman–Crippen LogP) is 4.88. The molecular weight excluding hydrogens is 759 g/mol. The average Bonchev–Trinajstić information content (AvgIpc) is 3.67. The predicted molar refractivity (Wildman–Crippen MR) is 232 cm³/mol. The number of amides is 3. The van der Waals surface area contributed by atoms with Crippen molar-refractivity contribution in [2.24, 2.45) is 0 Å². The molecule has 1 atom stereocenters. The molecule has 3 amide bonds. The second kappa shape index (κ2) is 19.0. The zero-order valence-electron chi connectivity index (χ0n) is 35.3. The van der Waals surface area contributed by atoms with E-state index in [9.17, 15) is 19.5 Å². The lowest BCUT2D eigenvalue weighted by molar-refractivity contribution is 0.000243. The summed E-state index contributed by atoms with van der Waals surface area (Å²) in [6.45, 7) is 14.9. The summed E-state index contributed by atoms with van der Waals surface area (Å²) in [4.78, 5) is 57.2. The molecule has 60 heavy (non-hydrogen) atoms. The van der Waals surface area contributed by atoms with Gasteiger partial charge in [-0.25, -0.2) is 0 Å². The quantitative estimate of drug-likeness (QED) is 0.204. The maximum Gasteiger partial charge on any atom is 0.262 e. The van der Waals surface area contributed by atoms with Crippen molar-refractivity contribution >= 4 is 34.2 Å². The minimum atomic E-state index is -1.24. The van der Waals surface area contributed by atoms with E-state index in [1.54, 1.807) is 4.90 Å². The Morgan fingerprint density at radius 1 is 0.583 bits per heavy atom. The molecule has 1 unspecified atom stereocenters. The number of aliphatic hydroxyl groups excluding tert-OH is 1. The van der Waals surface area contributed by atoms with Crippen molar-refractivity contribution in [3.63, 3.8) is 0 Å². The molecule has 0 radical (unpaired) electrons. The molecule has 13 nitrogen and oxygen atoms in total. The summed E-state index contributed by atoms with van der Waals surface area (Å²) in [5.74, 6) is -0.980. The van der Waals surface area contributed by atoms with Gasteiger partial charge >= 0.3 is 0 Å². The van der Waals surface area contributed by atoms with Crippen molar-refractivity contribution in [1.29, 1.82) is 0 Å². The number of benzene rings is 3. The van der Waals surface area contributed by atoms with Crippen LogP contribution in [-0.2, 0) is 16.0 Å². The van der Waals surface area contributed by atoms with Crippen molar-refractivity contribution in [1.82, 2.24) is 29.4 Å². The molecule has 6 aliphatic rings. The van der Waals surface area contributed by atoms with Crippen LogP contribution in [0.1, 0.15) is 99.8 Å². The van der Waals surface area contributed by atoms with Crippen molar-refractivity contribution in [2.45, 2.75) is 64.1 Å². The lowest BCUT2D eigenvalue weighted by atomic mass is 9.80. The maximum atomic E-state index is 15.0. The van der Waals surface area contributed by atoms with Crippen LogP contribution in [-0.4, -0.2) is 170 Å². The van der Waals surface area contributed by atoms with Gasteiger partial charge in [-0.05, 0) is 93.5 Å². The van der Waals surface area contributed by atoms with Gasteiger partial charge in [0.15, 0.2) is 6.23 Å². The Labute approximate surface area is 354 Å². The van der Waals surface area contributed by atoms with Gasteiger partial charge in [-0.1, -0.05) is 37.1 Å². The van der Waals surface area contributed by atoms with E-state index in [1.165, 1.54) is 49.0 Å². The first-order chi connectivity index (χ1) is 29.4. The first-order valence-electron chi connectivity index (χ1n) is 22.9. The van der Waals surface area contributed by atoms with E-state index in [1.807, 2.05) is 12.1 Å². The minimum Gasteiger partial charge on any atom is -0.383 e. The van der Waals surface area contributed by atoms with Crippen LogP contribution in [0.4, 0.5) is 5.69 Å². The van der Waals surface area contributed by atoms with Gasteiger partial charge in [-0.3, -0.25) is 34.0 Å². The van der Waals surface area contributed by atoms with Gasteiger partial charge in [-0.15, -0.1) is 0 Å². The van der Waals surface area contributed by atoms with Crippen LogP contribution >= 0.6 is 0 Å². The van der Waals surface area contributed by atoms with E-state index in [-0.39, 0.29) is 24.3 Å². The fourth-order valence-electron chi connectivity index (χ4n) is 10.3. The fraction of sp³-hybridized carbons (Fsp3) is 0.596. The number of anilines is 1. The lowest BCUT2D eigenvalue weighted by Crippen LogP contribution is -2.45. The Hall–Kier alpha value is -3.95. The van der Waals surface area contributed by atoms with E-state index >= 15 is 0 Å². The summed E-state index contributed by atoms with van der Waals surface area (Å²) < 4.78 is 11.1. The number of morpholine rings is 2. The molecule has 0 aromatic heterocycles. The summed E-state index contributed by atoms with van der Waals surface area (Å²) >= 11 is 0.